The van der Waals surface area contributed by atoms with Crippen molar-refractivity contribution >= 4 is 5.91 Å². The minimum absolute atomic E-state index is 0.0563. The van der Waals surface area contributed by atoms with Crippen molar-refractivity contribution in [3.05, 3.63) is 41.6 Å². The maximum atomic E-state index is 13.7. The summed E-state index contributed by atoms with van der Waals surface area (Å²) < 4.78 is 24.4. The smallest absolute Gasteiger partial charge is 0.232 e. The molecule has 0 N–H and O–H groups in total. The van der Waals surface area contributed by atoms with Crippen LogP contribution in [0.2, 0.25) is 0 Å². The molecular formula is C20H26FN5O3. The van der Waals surface area contributed by atoms with Gasteiger partial charge in [-0.05, 0) is 18.9 Å². The standard InChI is InChI=1S/C20H26FN5O3/c1-25(20(27)14-4-8-28-9-5-14)7-3-18-23-19(29-24-18)16-12-26(13-16)11-15-2-6-22-10-17(15)21/h2,6,10,14,16H,3-5,7-9,11-13H2,1H3. The number of ether oxygens (including phenoxy) is 1. The molecule has 0 unspecified atom stereocenters. The summed E-state index contributed by atoms with van der Waals surface area (Å²) in [5.41, 5.74) is 0.641. The lowest BCUT2D eigenvalue weighted by molar-refractivity contribution is -0.137. The van der Waals surface area contributed by atoms with Crippen molar-refractivity contribution in [2.24, 2.45) is 5.92 Å². The number of aromatic nitrogens is 3. The van der Waals surface area contributed by atoms with Gasteiger partial charge in [0.25, 0.3) is 0 Å². The number of likely N-dealkylation sites (N-methyl/N-ethyl adjacent to an activating group) is 1. The number of nitrogens with zero attached hydrogens (tertiary/aromatic N) is 5. The summed E-state index contributed by atoms with van der Waals surface area (Å²) in [5, 5.41) is 4.06. The van der Waals surface area contributed by atoms with E-state index in [9.17, 15) is 9.18 Å². The lowest BCUT2D eigenvalue weighted by Crippen LogP contribution is -2.44. The highest BCUT2D eigenvalue weighted by Crippen LogP contribution is 2.27. The predicted molar refractivity (Wildman–Crippen MR) is 101 cm³/mol. The van der Waals surface area contributed by atoms with Crippen molar-refractivity contribution in [3.8, 4) is 0 Å². The quantitative estimate of drug-likeness (QED) is 0.695. The predicted octanol–water partition coefficient (Wildman–Crippen LogP) is 1.63. The van der Waals surface area contributed by atoms with Gasteiger partial charge in [0.05, 0.1) is 12.1 Å². The molecule has 0 aromatic carbocycles. The van der Waals surface area contributed by atoms with Crippen LogP contribution in [0.15, 0.2) is 23.0 Å². The molecular weight excluding hydrogens is 377 g/mol. The highest BCUT2D eigenvalue weighted by molar-refractivity contribution is 5.78. The van der Waals surface area contributed by atoms with Gasteiger partial charge in [-0.2, -0.15) is 4.98 Å². The van der Waals surface area contributed by atoms with E-state index >= 15 is 0 Å². The Hall–Kier alpha value is -2.39. The van der Waals surface area contributed by atoms with Crippen LogP contribution in [0.4, 0.5) is 4.39 Å². The molecule has 2 fully saturated rings. The number of likely N-dealkylation sites (tertiary alicyclic amines) is 1. The summed E-state index contributed by atoms with van der Waals surface area (Å²) in [5.74, 6) is 1.34. The number of amides is 1. The van der Waals surface area contributed by atoms with Crippen molar-refractivity contribution in [2.45, 2.75) is 31.7 Å². The second-order valence-electron chi connectivity index (χ2n) is 7.80. The highest BCUT2D eigenvalue weighted by atomic mass is 19.1. The van der Waals surface area contributed by atoms with E-state index in [0.717, 1.165) is 25.9 Å². The van der Waals surface area contributed by atoms with Gasteiger partial charge in [0.1, 0.15) is 5.82 Å². The number of carbonyl (C=O) groups excluding carboxylic acids is 1. The summed E-state index contributed by atoms with van der Waals surface area (Å²) in [6.07, 6.45) is 4.98. The summed E-state index contributed by atoms with van der Waals surface area (Å²) in [4.78, 5) is 24.6. The van der Waals surface area contributed by atoms with E-state index in [4.69, 9.17) is 9.26 Å². The topological polar surface area (TPSA) is 84.6 Å². The first-order valence-electron chi connectivity index (χ1n) is 10.1. The molecule has 156 valence electrons. The lowest BCUT2D eigenvalue weighted by atomic mass is 9.99. The number of rotatable bonds is 7. The van der Waals surface area contributed by atoms with E-state index in [1.54, 1.807) is 17.2 Å². The molecule has 2 aromatic rings. The average molecular weight is 403 g/mol. The molecule has 2 saturated heterocycles. The molecule has 9 heteroatoms. The third-order valence-corrected chi connectivity index (χ3v) is 5.66. The van der Waals surface area contributed by atoms with Crippen molar-refractivity contribution in [1.29, 1.82) is 0 Å². The van der Waals surface area contributed by atoms with Gasteiger partial charge in [-0.1, -0.05) is 5.16 Å². The molecule has 8 nitrogen and oxygen atoms in total. The Balaban J connectivity index is 1.22. The Labute approximate surface area is 169 Å². The molecule has 1 amide bonds. The number of pyridine rings is 1. The first kappa shape index (κ1) is 19.9. The zero-order valence-electron chi connectivity index (χ0n) is 16.6. The first-order chi connectivity index (χ1) is 14.1. The number of hydrogen-bond acceptors (Lipinski definition) is 7. The molecule has 0 spiro atoms. The second-order valence-corrected chi connectivity index (χ2v) is 7.80. The molecule has 0 saturated carbocycles. The third kappa shape index (κ3) is 4.79. The van der Waals surface area contributed by atoms with Crippen LogP contribution in [0.5, 0.6) is 0 Å². The fourth-order valence-corrected chi connectivity index (χ4v) is 3.80. The SMILES string of the molecule is CN(CCc1noc(C2CN(Cc3ccncc3F)C2)n1)C(=O)C1CCOCC1. The van der Waals surface area contributed by atoms with Crippen LogP contribution in [0.25, 0.3) is 0 Å². The van der Waals surface area contributed by atoms with E-state index in [1.165, 1.54) is 6.20 Å². The number of carbonyl (C=O) groups is 1. The minimum Gasteiger partial charge on any atom is -0.381 e. The van der Waals surface area contributed by atoms with E-state index in [1.807, 2.05) is 7.05 Å². The Morgan fingerprint density at radius 2 is 2.14 bits per heavy atom. The third-order valence-electron chi connectivity index (χ3n) is 5.66. The fourth-order valence-electron chi connectivity index (χ4n) is 3.80. The summed E-state index contributed by atoms with van der Waals surface area (Å²) in [6, 6.07) is 1.70. The molecule has 2 aromatic heterocycles. The van der Waals surface area contributed by atoms with Crippen LogP contribution in [0.3, 0.4) is 0 Å². The molecule has 0 aliphatic carbocycles. The molecule has 4 heterocycles. The Kier molecular flexibility index (Phi) is 6.15. The molecule has 29 heavy (non-hydrogen) atoms. The van der Waals surface area contributed by atoms with Crippen molar-refractivity contribution in [3.63, 3.8) is 0 Å². The molecule has 2 aliphatic heterocycles. The zero-order valence-corrected chi connectivity index (χ0v) is 16.6. The van der Waals surface area contributed by atoms with E-state index in [0.29, 0.717) is 50.0 Å². The molecule has 2 aliphatic rings. The first-order valence-corrected chi connectivity index (χ1v) is 10.1. The molecule has 0 atom stereocenters. The molecule has 0 radical (unpaired) electrons. The summed E-state index contributed by atoms with van der Waals surface area (Å²) in [7, 11) is 1.82. The van der Waals surface area contributed by atoms with Crippen LogP contribution in [0.1, 0.15) is 36.0 Å². The Morgan fingerprint density at radius 3 is 2.90 bits per heavy atom. The van der Waals surface area contributed by atoms with Crippen LogP contribution >= 0.6 is 0 Å². The van der Waals surface area contributed by atoms with Gasteiger partial charge in [0.15, 0.2) is 5.82 Å². The summed E-state index contributed by atoms with van der Waals surface area (Å²) >= 11 is 0. The van der Waals surface area contributed by atoms with Crippen molar-refractivity contribution in [2.75, 3.05) is 39.9 Å². The van der Waals surface area contributed by atoms with Crippen LogP contribution in [-0.2, 0) is 22.5 Å². The van der Waals surface area contributed by atoms with E-state index < -0.39 is 0 Å². The van der Waals surface area contributed by atoms with Crippen molar-refractivity contribution in [1.82, 2.24) is 24.9 Å². The number of halogens is 1. The largest absolute Gasteiger partial charge is 0.381 e. The number of hydrogen-bond donors (Lipinski definition) is 0. The maximum absolute atomic E-state index is 13.7. The molecule has 4 rings (SSSR count). The van der Waals surface area contributed by atoms with Gasteiger partial charge in [-0.25, -0.2) is 4.39 Å². The van der Waals surface area contributed by atoms with Gasteiger partial charge >= 0.3 is 0 Å². The van der Waals surface area contributed by atoms with Crippen molar-refractivity contribution < 1.29 is 18.4 Å². The van der Waals surface area contributed by atoms with Gasteiger partial charge in [0.2, 0.25) is 11.8 Å². The van der Waals surface area contributed by atoms with Crippen LogP contribution in [-0.4, -0.2) is 70.7 Å². The summed E-state index contributed by atoms with van der Waals surface area (Å²) in [6.45, 7) is 3.94. The monoisotopic (exact) mass is 403 g/mol. The van der Waals surface area contributed by atoms with Gasteiger partial charge in [0, 0.05) is 70.5 Å². The second kappa shape index (κ2) is 8.96. The maximum Gasteiger partial charge on any atom is 0.232 e. The fraction of sp³-hybridized carbons (Fsp3) is 0.600. The van der Waals surface area contributed by atoms with Gasteiger partial charge in [-0.15, -0.1) is 0 Å². The highest BCUT2D eigenvalue weighted by Gasteiger charge is 2.33. The average Bonchev–Trinajstić information content (AvgIpc) is 3.18. The van der Waals surface area contributed by atoms with E-state index in [-0.39, 0.29) is 23.6 Å². The molecule has 0 bridgehead atoms. The Bertz CT molecular complexity index is 833. The van der Waals surface area contributed by atoms with E-state index in [2.05, 4.69) is 20.0 Å². The lowest BCUT2D eigenvalue weighted by Gasteiger charge is -2.37. The van der Waals surface area contributed by atoms with Gasteiger partial charge < -0.3 is 14.2 Å². The normalized spacial score (nSPS) is 18.6. The van der Waals surface area contributed by atoms with Gasteiger partial charge in [-0.3, -0.25) is 14.7 Å². The minimum atomic E-state index is -0.282. The Morgan fingerprint density at radius 1 is 1.34 bits per heavy atom. The van der Waals surface area contributed by atoms with Crippen LogP contribution < -0.4 is 0 Å². The van der Waals surface area contributed by atoms with Crippen LogP contribution in [0, 0.1) is 11.7 Å². The zero-order chi connectivity index (χ0) is 20.2.